The van der Waals surface area contributed by atoms with Crippen LogP contribution in [-0.4, -0.2) is 51.0 Å². The Hall–Kier alpha value is -2.94. The molecule has 0 amide bonds. The van der Waals surface area contributed by atoms with E-state index in [1.807, 2.05) is 24.3 Å². The quantitative estimate of drug-likeness (QED) is 0.417. The first-order valence-corrected chi connectivity index (χ1v) is 7.00. The van der Waals surface area contributed by atoms with Gasteiger partial charge in [0.1, 0.15) is 0 Å². The van der Waals surface area contributed by atoms with Gasteiger partial charge in [-0.1, -0.05) is 0 Å². The first-order valence-electron chi connectivity index (χ1n) is 6.50. The Kier molecular flexibility index (Phi) is 3.96. The summed E-state index contributed by atoms with van der Waals surface area (Å²) in [6.45, 7) is 0. The molecule has 0 unspecified atom stereocenters. The van der Waals surface area contributed by atoms with Gasteiger partial charge in [0.2, 0.25) is 0 Å². The fraction of sp³-hybridized carbons (Fsp3) is 0.0769. The zero-order valence-corrected chi connectivity index (χ0v) is 12.5. The van der Waals surface area contributed by atoms with Crippen molar-refractivity contribution in [1.29, 1.82) is 0 Å². The van der Waals surface area contributed by atoms with Gasteiger partial charge in [-0.3, -0.25) is 20.4 Å². The van der Waals surface area contributed by atoms with Gasteiger partial charge < -0.3 is 0 Å². The minimum Gasteiger partial charge on any atom is -0.286 e. The smallest absolute Gasteiger partial charge is 0.0792 e. The molecule has 3 radical (unpaired) electrons. The summed E-state index contributed by atoms with van der Waals surface area (Å²) in [6, 6.07) is 7.53. The van der Waals surface area contributed by atoms with Crippen molar-refractivity contribution in [1.82, 2.24) is 40.8 Å². The second-order valence-corrected chi connectivity index (χ2v) is 5.18. The second-order valence-electron chi connectivity index (χ2n) is 4.43. The fourth-order valence-electron chi connectivity index (χ4n) is 2.04. The Morgan fingerprint density at radius 1 is 0.727 bits per heavy atom. The van der Waals surface area contributed by atoms with Crippen molar-refractivity contribution >= 4 is 10.2 Å². The van der Waals surface area contributed by atoms with Crippen LogP contribution < -0.4 is 0 Å². The van der Waals surface area contributed by atoms with Crippen molar-refractivity contribution in [2.75, 3.05) is 0 Å². The third-order valence-corrected chi connectivity index (χ3v) is 3.93. The highest BCUT2D eigenvalue weighted by Crippen LogP contribution is 2.31. The molecule has 0 spiro atoms. The molecule has 0 aliphatic carbocycles. The molecular weight excluding hydrogens is 296 g/mol. The van der Waals surface area contributed by atoms with Crippen molar-refractivity contribution in [2.45, 2.75) is 5.04 Å². The maximum absolute atomic E-state index is 3.98. The molecule has 0 saturated heterocycles. The summed E-state index contributed by atoms with van der Waals surface area (Å²) in [6.07, 6.45) is 8.57. The Bertz CT molecular complexity index is 642. The largest absolute Gasteiger partial charge is 0.286 e. The van der Waals surface area contributed by atoms with Crippen molar-refractivity contribution in [3.63, 3.8) is 0 Å². The van der Waals surface area contributed by atoms with E-state index in [9.17, 15) is 0 Å². The summed E-state index contributed by atoms with van der Waals surface area (Å²) in [5, 5.41) is 26.5. The van der Waals surface area contributed by atoms with Crippen LogP contribution in [0.1, 0.15) is 17.1 Å². The SMILES string of the molecule is [Si]C(c1ccn[nH]1)(c1ccn[nH]1)c1ccn[nH]1.c1cn[nH]c1. The molecule has 0 aliphatic rings. The molecule has 0 saturated carbocycles. The van der Waals surface area contributed by atoms with Gasteiger partial charge in [0.25, 0.3) is 0 Å². The predicted molar refractivity (Wildman–Crippen MR) is 80.0 cm³/mol. The number of aromatic nitrogens is 8. The standard InChI is InChI=1S/C10H9N6Si.C3H4N2/c17-10(7-1-4-11-14-7,8-2-5-12-15-8)9-3-6-13-16-9;1-2-4-5-3-1/h1-6H,(H,11,14)(H,12,15)(H,13,16);1-3H,(H,4,5). The zero-order valence-electron chi connectivity index (χ0n) is 11.5. The maximum atomic E-state index is 3.98. The number of aromatic amines is 4. The van der Waals surface area contributed by atoms with Gasteiger partial charge in [0, 0.05) is 48.1 Å². The van der Waals surface area contributed by atoms with Gasteiger partial charge in [-0.05, 0) is 24.3 Å². The van der Waals surface area contributed by atoms with Crippen LogP contribution >= 0.6 is 0 Å². The molecule has 9 heteroatoms. The van der Waals surface area contributed by atoms with Gasteiger partial charge >= 0.3 is 0 Å². The molecule has 0 aromatic carbocycles. The van der Waals surface area contributed by atoms with Crippen molar-refractivity contribution < 1.29 is 0 Å². The number of nitrogens with zero attached hydrogens (tertiary/aromatic N) is 4. The Balaban J connectivity index is 0.000000246. The highest BCUT2D eigenvalue weighted by molar-refractivity contribution is 6.19. The third kappa shape index (κ3) is 2.61. The van der Waals surface area contributed by atoms with E-state index >= 15 is 0 Å². The van der Waals surface area contributed by atoms with E-state index < -0.39 is 5.04 Å². The Morgan fingerprint density at radius 2 is 1.23 bits per heavy atom. The highest BCUT2D eigenvalue weighted by Gasteiger charge is 2.35. The normalized spacial score (nSPS) is 11.0. The molecule has 4 rings (SSSR count). The Labute approximate surface area is 129 Å². The highest BCUT2D eigenvalue weighted by atomic mass is 28.1. The molecule has 109 valence electrons. The molecule has 4 aromatic heterocycles. The van der Waals surface area contributed by atoms with E-state index in [1.54, 1.807) is 31.0 Å². The van der Waals surface area contributed by atoms with Crippen LogP contribution in [0.3, 0.4) is 0 Å². The van der Waals surface area contributed by atoms with E-state index in [2.05, 4.69) is 51.0 Å². The van der Waals surface area contributed by atoms with Crippen molar-refractivity contribution in [3.8, 4) is 0 Å². The molecule has 0 fully saturated rings. The van der Waals surface area contributed by atoms with Crippen molar-refractivity contribution in [3.05, 3.63) is 72.3 Å². The molecular formula is C13H13N8Si. The molecule has 4 aromatic rings. The summed E-state index contributed by atoms with van der Waals surface area (Å²) in [5.74, 6) is 0. The first kappa shape index (κ1) is 14.0. The van der Waals surface area contributed by atoms with Crippen LogP contribution in [0.4, 0.5) is 0 Å². The van der Waals surface area contributed by atoms with Gasteiger partial charge in [0.15, 0.2) is 0 Å². The minimum absolute atomic E-state index is 0.580. The number of nitrogens with one attached hydrogen (secondary N) is 4. The van der Waals surface area contributed by atoms with E-state index in [-0.39, 0.29) is 0 Å². The lowest BCUT2D eigenvalue weighted by atomic mass is 9.96. The van der Waals surface area contributed by atoms with Crippen LogP contribution in [0.2, 0.25) is 0 Å². The summed E-state index contributed by atoms with van der Waals surface area (Å²) >= 11 is 0. The first-order chi connectivity index (χ1) is 10.8. The second kappa shape index (κ2) is 6.22. The van der Waals surface area contributed by atoms with E-state index in [0.717, 1.165) is 17.1 Å². The third-order valence-electron chi connectivity index (χ3n) is 3.12. The number of hydrogen-bond donors (Lipinski definition) is 4. The van der Waals surface area contributed by atoms with Crippen LogP contribution in [0.25, 0.3) is 0 Å². The molecule has 0 bridgehead atoms. The summed E-state index contributed by atoms with van der Waals surface area (Å²) in [4.78, 5) is 0. The lowest BCUT2D eigenvalue weighted by molar-refractivity contribution is 0.744. The fourth-order valence-corrected chi connectivity index (χ4v) is 2.46. The zero-order chi connectivity index (χ0) is 15.3. The van der Waals surface area contributed by atoms with E-state index in [1.165, 1.54) is 0 Å². The molecule has 8 nitrogen and oxygen atoms in total. The van der Waals surface area contributed by atoms with Gasteiger partial charge in [-0.2, -0.15) is 20.4 Å². The molecule has 4 N–H and O–H groups in total. The molecule has 0 aliphatic heterocycles. The number of H-pyrrole nitrogens is 4. The molecule has 4 heterocycles. The number of rotatable bonds is 3. The van der Waals surface area contributed by atoms with Crippen LogP contribution in [0, 0.1) is 0 Å². The van der Waals surface area contributed by atoms with Gasteiger partial charge in [-0.25, -0.2) is 0 Å². The lowest BCUT2D eigenvalue weighted by Crippen LogP contribution is -2.31. The Morgan fingerprint density at radius 3 is 1.45 bits per heavy atom. The predicted octanol–water partition coefficient (Wildman–Crippen LogP) is 0.726. The van der Waals surface area contributed by atoms with Gasteiger partial charge in [0.05, 0.1) is 15.3 Å². The molecule has 0 atom stereocenters. The molecule has 22 heavy (non-hydrogen) atoms. The summed E-state index contributed by atoms with van der Waals surface area (Å²) in [7, 11) is 3.79. The lowest BCUT2D eigenvalue weighted by Gasteiger charge is -2.25. The van der Waals surface area contributed by atoms with Crippen LogP contribution in [0.5, 0.6) is 0 Å². The minimum atomic E-state index is -0.580. The number of hydrogen-bond acceptors (Lipinski definition) is 4. The van der Waals surface area contributed by atoms with Crippen LogP contribution in [-0.2, 0) is 5.04 Å². The average molecular weight is 309 g/mol. The topological polar surface area (TPSA) is 115 Å². The van der Waals surface area contributed by atoms with Crippen molar-refractivity contribution in [2.24, 2.45) is 0 Å². The maximum Gasteiger partial charge on any atom is 0.0792 e. The van der Waals surface area contributed by atoms with Gasteiger partial charge in [-0.15, -0.1) is 0 Å². The summed E-state index contributed by atoms with van der Waals surface area (Å²) in [5.41, 5.74) is 2.67. The summed E-state index contributed by atoms with van der Waals surface area (Å²) < 4.78 is 0. The van der Waals surface area contributed by atoms with E-state index in [0.29, 0.717) is 0 Å². The van der Waals surface area contributed by atoms with E-state index in [4.69, 9.17) is 0 Å². The van der Waals surface area contributed by atoms with Crippen LogP contribution in [0.15, 0.2) is 55.2 Å². The average Bonchev–Trinajstić information content (AvgIpc) is 3.40. The monoisotopic (exact) mass is 309 g/mol.